The first-order valence-corrected chi connectivity index (χ1v) is 15.5. The number of aryl methyl sites for hydroxylation is 2. The van der Waals surface area contributed by atoms with Crippen LogP contribution in [0.4, 0.5) is 17.1 Å². The van der Waals surface area contributed by atoms with Crippen molar-refractivity contribution in [3.63, 3.8) is 0 Å². The lowest BCUT2D eigenvalue weighted by Crippen LogP contribution is -2.15. The van der Waals surface area contributed by atoms with E-state index in [0.29, 0.717) is 0 Å². The second kappa shape index (κ2) is 10.5. The molecule has 7 aromatic rings. The van der Waals surface area contributed by atoms with Gasteiger partial charge in [0.1, 0.15) is 0 Å². The van der Waals surface area contributed by atoms with E-state index in [1.807, 2.05) is 6.92 Å². The molecule has 3 heteroatoms. The number of aromatic nitrogens is 1. The molecule has 0 amide bonds. The SMILES string of the molecule is C=CC=N/C(=C\C)c1ccc2c(c1)c1cc3c(cc1n2-c1ccccc1)N(c1cc(C)cc(C)c1)c1cccc2cccc-3c12. The van der Waals surface area contributed by atoms with Crippen LogP contribution in [0.3, 0.4) is 0 Å². The summed E-state index contributed by atoms with van der Waals surface area (Å²) in [5.41, 5.74) is 14.1. The van der Waals surface area contributed by atoms with Crippen molar-refractivity contribution in [3.8, 4) is 16.8 Å². The number of rotatable bonds is 5. The Morgan fingerprint density at radius 3 is 2.18 bits per heavy atom. The molecule has 1 aliphatic rings. The van der Waals surface area contributed by atoms with Crippen LogP contribution in [0.2, 0.25) is 0 Å². The maximum absolute atomic E-state index is 4.67. The largest absolute Gasteiger partial charge is 0.309 e. The molecule has 1 aliphatic heterocycles. The molecule has 0 aliphatic carbocycles. The fourth-order valence-electron chi connectivity index (χ4n) is 7.14. The van der Waals surface area contributed by atoms with Crippen molar-refractivity contribution in [2.45, 2.75) is 20.8 Å². The van der Waals surface area contributed by atoms with Crippen LogP contribution < -0.4 is 4.90 Å². The zero-order valence-corrected chi connectivity index (χ0v) is 25.8. The first-order valence-electron chi connectivity index (χ1n) is 15.5. The summed E-state index contributed by atoms with van der Waals surface area (Å²) in [6, 6.07) is 42.4. The Morgan fingerprint density at radius 1 is 0.667 bits per heavy atom. The molecule has 216 valence electrons. The maximum Gasteiger partial charge on any atom is 0.0659 e. The summed E-state index contributed by atoms with van der Waals surface area (Å²) in [5, 5.41) is 4.95. The normalized spacial score (nSPS) is 12.9. The van der Waals surface area contributed by atoms with Crippen molar-refractivity contribution in [1.82, 2.24) is 4.57 Å². The molecular formula is C42H33N3. The predicted molar refractivity (Wildman–Crippen MR) is 194 cm³/mol. The maximum atomic E-state index is 4.67. The van der Waals surface area contributed by atoms with Crippen LogP contribution in [0, 0.1) is 13.8 Å². The number of nitrogens with zero attached hydrogens (tertiary/aromatic N) is 3. The molecule has 2 heterocycles. The van der Waals surface area contributed by atoms with Gasteiger partial charge in [-0.15, -0.1) is 0 Å². The number of anilines is 3. The second-order valence-electron chi connectivity index (χ2n) is 11.8. The van der Waals surface area contributed by atoms with Crippen molar-refractivity contribution in [2.75, 3.05) is 4.90 Å². The monoisotopic (exact) mass is 579 g/mol. The Bertz CT molecular complexity index is 2340. The van der Waals surface area contributed by atoms with Gasteiger partial charge < -0.3 is 9.47 Å². The van der Waals surface area contributed by atoms with Gasteiger partial charge in [-0.3, -0.25) is 4.99 Å². The van der Waals surface area contributed by atoms with E-state index in [1.54, 1.807) is 12.3 Å². The van der Waals surface area contributed by atoms with Crippen LogP contribution in [0.5, 0.6) is 0 Å². The van der Waals surface area contributed by atoms with Gasteiger partial charge in [0.25, 0.3) is 0 Å². The van der Waals surface area contributed by atoms with Crippen LogP contribution in [-0.2, 0) is 0 Å². The molecule has 45 heavy (non-hydrogen) atoms. The molecule has 0 unspecified atom stereocenters. The van der Waals surface area contributed by atoms with E-state index >= 15 is 0 Å². The number of benzene rings is 6. The lowest BCUT2D eigenvalue weighted by molar-refractivity contribution is 1.17. The van der Waals surface area contributed by atoms with Crippen LogP contribution >= 0.6 is 0 Å². The standard InChI is InChI=1S/C42H33N3/c1-5-20-43-37(6-2)30-18-19-38-34(24-30)36-25-35-33-16-10-12-29-13-11-17-39(42(29)33)45(32-22-27(3)21-28(4)23-32)40(35)26-41(36)44(38)31-14-8-7-9-15-31/h5-26H,1H2,2-4H3/b37-6-,43-20?. The first kappa shape index (κ1) is 26.9. The highest BCUT2D eigenvalue weighted by molar-refractivity contribution is 6.19. The minimum absolute atomic E-state index is 0.926. The van der Waals surface area contributed by atoms with Crippen LogP contribution in [0.1, 0.15) is 23.6 Å². The van der Waals surface area contributed by atoms with Crippen molar-refractivity contribution in [1.29, 1.82) is 0 Å². The van der Waals surface area contributed by atoms with Crippen LogP contribution in [-0.4, -0.2) is 10.8 Å². The molecule has 0 radical (unpaired) electrons. The van der Waals surface area contributed by atoms with E-state index in [1.165, 1.54) is 71.9 Å². The average molecular weight is 580 g/mol. The minimum Gasteiger partial charge on any atom is -0.309 e. The van der Waals surface area contributed by atoms with Gasteiger partial charge >= 0.3 is 0 Å². The number of aliphatic imine (C=N–C) groups is 1. The smallest absolute Gasteiger partial charge is 0.0659 e. The summed E-state index contributed by atoms with van der Waals surface area (Å²) in [7, 11) is 0. The van der Waals surface area contributed by atoms with E-state index in [9.17, 15) is 0 Å². The minimum atomic E-state index is 0.926. The summed E-state index contributed by atoms with van der Waals surface area (Å²) in [5.74, 6) is 0. The Labute approximate surface area is 263 Å². The van der Waals surface area contributed by atoms with E-state index in [-0.39, 0.29) is 0 Å². The molecule has 0 saturated heterocycles. The van der Waals surface area contributed by atoms with Gasteiger partial charge in [0.15, 0.2) is 0 Å². The summed E-state index contributed by atoms with van der Waals surface area (Å²) < 4.78 is 2.40. The quantitative estimate of drug-likeness (QED) is 0.186. The zero-order chi connectivity index (χ0) is 30.7. The number of hydrogen-bond acceptors (Lipinski definition) is 2. The Hall–Kier alpha value is -5.67. The van der Waals surface area contributed by atoms with Gasteiger partial charge in [-0.2, -0.15) is 0 Å². The highest BCUT2D eigenvalue weighted by Gasteiger charge is 2.28. The highest BCUT2D eigenvalue weighted by atomic mass is 15.2. The van der Waals surface area contributed by atoms with E-state index in [0.717, 1.165) is 16.9 Å². The third-order valence-corrected chi connectivity index (χ3v) is 8.90. The third kappa shape index (κ3) is 4.23. The third-order valence-electron chi connectivity index (χ3n) is 8.90. The molecule has 0 fully saturated rings. The number of fused-ring (bicyclic) bond motifs is 5. The topological polar surface area (TPSA) is 20.5 Å². The number of hydrogen-bond donors (Lipinski definition) is 0. The Kier molecular flexibility index (Phi) is 6.28. The van der Waals surface area contributed by atoms with Crippen molar-refractivity contribution < 1.29 is 0 Å². The second-order valence-corrected chi connectivity index (χ2v) is 11.8. The predicted octanol–water partition coefficient (Wildman–Crippen LogP) is 11.6. The number of para-hydroxylation sites is 1. The summed E-state index contributed by atoms with van der Waals surface area (Å²) in [6.45, 7) is 10.2. The molecule has 1 aromatic heterocycles. The van der Waals surface area contributed by atoms with Crippen molar-refractivity contribution >= 4 is 61.6 Å². The van der Waals surface area contributed by atoms with Gasteiger partial charge in [0.05, 0.1) is 28.1 Å². The van der Waals surface area contributed by atoms with Crippen LogP contribution in [0.25, 0.3) is 55.1 Å². The lowest BCUT2D eigenvalue weighted by atomic mass is 9.89. The molecule has 0 spiro atoms. The van der Waals surface area contributed by atoms with Gasteiger partial charge in [-0.05, 0) is 97.4 Å². The van der Waals surface area contributed by atoms with Crippen molar-refractivity contribution in [3.05, 3.63) is 151 Å². The average Bonchev–Trinajstić information content (AvgIpc) is 3.37. The first-order chi connectivity index (χ1) is 22.1. The summed E-state index contributed by atoms with van der Waals surface area (Å²) >= 11 is 0. The molecule has 0 N–H and O–H groups in total. The summed E-state index contributed by atoms with van der Waals surface area (Å²) in [6.07, 6.45) is 5.52. The van der Waals surface area contributed by atoms with Crippen molar-refractivity contribution in [2.24, 2.45) is 4.99 Å². The zero-order valence-electron chi connectivity index (χ0n) is 25.8. The molecule has 6 aromatic carbocycles. The van der Waals surface area contributed by atoms with Gasteiger partial charge in [-0.25, -0.2) is 0 Å². The molecule has 0 bridgehead atoms. The molecular weight excluding hydrogens is 546 g/mol. The Morgan fingerprint density at radius 2 is 1.42 bits per heavy atom. The highest BCUT2D eigenvalue weighted by Crippen LogP contribution is 2.53. The fourth-order valence-corrected chi connectivity index (χ4v) is 7.14. The van der Waals surface area contributed by atoms with Gasteiger partial charge in [0, 0.05) is 44.9 Å². The molecule has 8 rings (SSSR count). The molecule has 0 atom stereocenters. The van der Waals surface area contributed by atoms with Crippen LogP contribution in [0.15, 0.2) is 139 Å². The summed E-state index contributed by atoms with van der Waals surface area (Å²) in [4.78, 5) is 7.13. The van der Waals surface area contributed by atoms with E-state index in [2.05, 4.69) is 156 Å². The number of allylic oxidation sites excluding steroid dienone is 2. The van der Waals surface area contributed by atoms with E-state index < -0.39 is 0 Å². The lowest BCUT2D eigenvalue weighted by Gasteiger charge is -2.34. The van der Waals surface area contributed by atoms with Gasteiger partial charge in [0.2, 0.25) is 0 Å². The molecule has 3 nitrogen and oxygen atoms in total. The fraction of sp³-hybridized carbons (Fsp3) is 0.0714. The molecule has 0 saturated carbocycles. The Balaban J connectivity index is 1.51. The van der Waals surface area contributed by atoms with E-state index in [4.69, 9.17) is 0 Å². The van der Waals surface area contributed by atoms with Gasteiger partial charge in [-0.1, -0.05) is 79.4 Å².